The maximum atomic E-state index is 12.8. The molecule has 0 bridgehead atoms. The van der Waals surface area contributed by atoms with Gasteiger partial charge in [-0.25, -0.2) is 0 Å². The van der Waals surface area contributed by atoms with Crippen molar-refractivity contribution in [1.82, 2.24) is 4.90 Å². The predicted octanol–water partition coefficient (Wildman–Crippen LogP) is 4.13. The Hall–Kier alpha value is -2.20. The van der Waals surface area contributed by atoms with E-state index in [0.717, 1.165) is 29.4 Å². The third-order valence-electron chi connectivity index (χ3n) is 4.68. The SMILES string of the molecule is CC(C)c1ccc(O)c(C(=O)N2CCN(c3ccccc3Cl)CC2)c1. The first-order valence-corrected chi connectivity index (χ1v) is 8.97. The molecule has 0 unspecified atom stereocenters. The number of piperazine rings is 1. The smallest absolute Gasteiger partial charge is 0.257 e. The van der Waals surface area contributed by atoms with E-state index in [2.05, 4.69) is 18.7 Å². The van der Waals surface area contributed by atoms with Gasteiger partial charge in [0.1, 0.15) is 5.75 Å². The minimum Gasteiger partial charge on any atom is -0.507 e. The fourth-order valence-corrected chi connectivity index (χ4v) is 3.37. The van der Waals surface area contributed by atoms with Gasteiger partial charge in [-0.3, -0.25) is 4.79 Å². The number of para-hydroxylation sites is 1. The van der Waals surface area contributed by atoms with Crippen molar-refractivity contribution >= 4 is 23.2 Å². The molecule has 0 aliphatic carbocycles. The minimum atomic E-state index is -0.112. The molecule has 5 heteroatoms. The monoisotopic (exact) mass is 358 g/mol. The van der Waals surface area contributed by atoms with Crippen LogP contribution in [0.3, 0.4) is 0 Å². The first kappa shape index (κ1) is 17.6. The number of hydrogen-bond donors (Lipinski definition) is 1. The highest BCUT2D eigenvalue weighted by molar-refractivity contribution is 6.33. The number of nitrogens with zero attached hydrogens (tertiary/aromatic N) is 2. The van der Waals surface area contributed by atoms with E-state index in [4.69, 9.17) is 11.6 Å². The van der Waals surface area contributed by atoms with Gasteiger partial charge in [0, 0.05) is 26.2 Å². The molecule has 132 valence electrons. The number of phenolic OH excluding ortho intramolecular Hbond substituents is 1. The minimum absolute atomic E-state index is 0.0444. The van der Waals surface area contributed by atoms with Crippen molar-refractivity contribution in [3.05, 3.63) is 58.6 Å². The third kappa shape index (κ3) is 3.74. The topological polar surface area (TPSA) is 43.8 Å². The van der Waals surface area contributed by atoms with E-state index < -0.39 is 0 Å². The zero-order chi connectivity index (χ0) is 18.0. The number of amides is 1. The molecule has 1 heterocycles. The molecule has 2 aromatic rings. The summed E-state index contributed by atoms with van der Waals surface area (Å²) >= 11 is 6.26. The lowest BCUT2D eigenvalue weighted by atomic mass is 9.99. The first-order chi connectivity index (χ1) is 12.0. The molecule has 1 aliphatic heterocycles. The molecule has 0 aromatic heterocycles. The molecule has 1 fully saturated rings. The van der Waals surface area contributed by atoms with Gasteiger partial charge in [0.15, 0.2) is 0 Å². The van der Waals surface area contributed by atoms with Crippen molar-refractivity contribution in [2.45, 2.75) is 19.8 Å². The number of benzene rings is 2. The van der Waals surface area contributed by atoms with Crippen LogP contribution < -0.4 is 4.90 Å². The molecule has 0 atom stereocenters. The Bertz CT molecular complexity index is 768. The quantitative estimate of drug-likeness (QED) is 0.897. The summed E-state index contributed by atoms with van der Waals surface area (Å²) in [5, 5.41) is 10.8. The van der Waals surface area contributed by atoms with Crippen LogP contribution in [0.5, 0.6) is 5.75 Å². The zero-order valence-corrected chi connectivity index (χ0v) is 15.3. The molecule has 0 radical (unpaired) electrons. The molecular weight excluding hydrogens is 336 g/mol. The molecule has 25 heavy (non-hydrogen) atoms. The molecule has 1 N–H and O–H groups in total. The molecule has 3 rings (SSSR count). The van der Waals surface area contributed by atoms with Crippen LogP contribution in [0.15, 0.2) is 42.5 Å². The Kier molecular flexibility index (Phi) is 5.19. The van der Waals surface area contributed by atoms with E-state index in [1.54, 1.807) is 11.0 Å². The maximum Gasteiger partial charge on any atom is 0.257 e. The number of carbonyl (C=O) groups is 1. The summed E-state index contributed by atoms with van der Waals surface area (Å²) in [6, 6.07) is 13.0. The van der Waals surface area contributed by atoms with Crippen molar-refractivity contribution in [2.75, 3.05) is 31.1 Å². The van der Waals surface area contributed by atoms with E-state index in [0.29, 0.717) is 24.6 Å². The first-order valence-electron chi connectivity index (χ1n) is 8.59. The Morgan fingerprint density at radius 3 is 2.40 bits per heavy atom. The zero-order valence-electron chi connectivity index (χ0n) is 14.6. The normalized spacial score (nSPS) is 14.9. The standard InChI is InChI=1S/C20H23ClN2O2/c1-14(2)15-7-8-19(24)16(13-15)20(25)23-11-9-22(10-12-23)18-6-4-3-5-17(18)21/h3-8,13-14,24H,9-12H2,1-2H3. The van der Waals surface area contributed by atoms with Crippen molar-refractivity contribution in [3.63, 3.8) is 0 Å². The van der Waals surface area contributed by atoms with Gasteiger partial charge < -0.3 is 14.9 Å². The van der Waals surface area contributed by atoms with Crippen LogP contribution in [0.4, 0.5) is 5.69 Å². The molecule has 1 aliphatic rings. The largest absolute Gasteiger partial charge is 0.507 e. The molecule has 2 aromatic carbocycles. The van der Waals surface area contributed by atoms with Gasteiger partial charge in [0.25, 0.3) is 5.91 Å². The van der Waals surface area contributed by atoms with Crippen LogP contribution in [0.25, 0.3) is 0 Å². The third-order valence-corrected chi connectivity index (χ3v) is 5.00. The number of rotatable bonds is 3. The van der Waals surface area contributed by atoms with Gasteiger partial charge in [-0.1, -0.05) is 43.6 Å². The van der Waals surface area contributed by atoms with E-state index in [1.165, 1.54) is 0 Å². The summed E-state index contributed by atoms with van der Waals surface area (Å²) in [7, 11) is 0. The van der Waals surface area contributed by atoms with Crippen molar-refractivity contribution in [3.8, 4) is 5.75 Å². The van der Waals surface area contributed by atoms with Crippen LogP contribution in [-0.4, -0.2) is 42.1 Å². The predicted molar refractivity (Wildman–Crippen MR) is 102 cm³/mol. The van der Waals surface area contributed by atoms with Crippen molar-refractivity contribution in [2.24, 2.45) is 0 Å². The van der Waals surface area contributed by atoms with Crippen molar-refractivity contribution < 1.29 is 9.90 Å². The summed E-state index contributed by atoms with van der Waals surface area (Å²) in [5.74, 6) is 0.242. The van der Waals surface area contributed by atoms with E-state index in [-0.39, 0.29) is 11.7 Å². The lowest BCUT2D eigenvalue weighted by molar-refractivity contribution is 0.0743. The van der Waals surface area contributed by atoms with Crippen LogP contribution in [-0.2, 0) is 0 Å². The lowest BCUT2D eigenvalue weighted by Crippen LogP contribution is -2.48. The fraction of sp³-hybridized carbons (Fsp3) is 0.350. The number of aromatic hydroxyl groups is 1. The molecule has 1 amide bonds. The average Bonchev–Trinajstić information content (AvgIpc) is 2.62. The Morgan fingerprint density at radius 1 is 1.08 bits per heavy atom. The van der Waals surface area contributed by atoms with E-state index in [9.17, 15) is 9.90 Å². The fourth-order valence-electron chi connectivity index (χ4n) is 3.11. The summed E-state index contributed by atoms with van der Waals surface area (Å²) < 4.78 is 0. The summed E-state index contributed by atoms with van der Waals surface area (Å²) in [6.45, 7) is 6.80. The summed E-state index contributed by atoms with van der Waals surface area (Å²) in [4.78, 5) is 16.8. The number of hydrogen-bond acceptors (Lipinski definition) is 3. The molecule has 4 nitrogen and oxygen atoms in total. The molecule has 1 saturated heterocycles. The molecule has 0 saturated carbocycles. The highest BCUT2D eigenvalue weighted by atomic mass is 35.5. The van der Waals surface area contributed by atoms with Crippen LogP contribution in [0.1, 0.15) is 35.7 Å². The second-order valence-electron chi connectivity index (χ2n) is 6.66. The Balaban J connectivity index is 1.72. The number of carbonyl (C=O) groups excluding carboxylic acids is 1. The van der Waals surface area contributed by atoms with Crippen LogP contribution in [0, 0.1) is 0 Å². The van der Waals surface area contributed by atoms with Crippen LogP contribution >= 0.6 is 11.6 Å². The lowest BCUT2D eigenvalue weighted by Gasteiger charge is -2.36. The number of anilines is 1. The second kappa shape index (κ2) is 7.36. The van der Waals surface area contributed by atoms with Gasteiger partial charge in [0.2, 0.25) is 0 Å². The van der Waals surface area contributed by atoms with Gasteiger partial charge in [-0.05, 0) is 35.7 Å². The van der Waals surface area contributed by atoms with Gasteiger partial charge >= 0.3 is 0 Å². The van der Waals surface area contributed by atoms with Gasteiger partial charge in [-0.2, -0.15) is 0 Å². The van der Waals surface area contributed by atoms with Crippen molar-refractivity contribution in [1.29, 1.82) is 0 Å². The van der Waals surface area contributed by atoms with Gasteiger partial charge in [-0.15, -0.1) is 0 Å². The van der Waals surface area contributed by atoms with E-state index >= 15 is 0 Å². The Morgan fingerprint density at radius 2 is 1.76 bits per heavy atom. The molecule has 0 spiro atoms. The average molecular weight is 359 g/mol. The highest BCUT2D eigenvalue weighted by Gasteiger charge is 2.25. The van der Waals surface area contributed by atoms with E-state index in [1.807, 2.05) is 36.4 Å². The second-order valence-corrected chi connectivity index (χ2v) is 7.07. The number of halogens is 1. The number of phenols is 1. The maximum absolute atomic E-state index is 12.8. The summed E-state index contributed by atoms with van der Waals surface area (Å²) in [6.07, 6.45) is 0. The Labute approximate surface area is 153 Å². The van der Waals surface area contributed by atoms with Crippen LogP contribution in [0.2, 0.25) is 5.02 Å². The van der Waals surface area contributed by atoms with Gasteiger partial charge in [0.05, 0.1) is 16.3 Å². The molecular formula is C20H23ClN2O2. The summed E-state index contributed by atoms with van der Waals surface area (Å²) in [5.41, 5.74) is 2.44. The highest BCUT2D eigenvalue weighted by Crippen LogP contribution is 2.28.